The molecule has 3 aliphatic rings. The van der Waals surface area contributed by atoms with Crippen LogP contribution in [0.15, 0.2) is 18.2 Å². The Kier molecular flexibility index (Phi) is 3.41. The molecule has 1 atom stereocenters. The smallest absolute Gasteiger partial charge is 0.0419 e. The fourth-order valence-electron chi connectivity index (χ4n) is 4.14. The SMILES string of the molecule is c1cc2c(c(CN3CCC(N4CCCC4)C3)c1)NCC2. The van der Waals surface area contributed by atoms with E-state index in [-0.39, 0.29) is 0 Å². The highest BCUT2D eigenvalue weighted by molar-refractivity contribution is 5.61. The number of fused-ring (bicyclic) bond motifs is 1. The van der Waals surface area contributed by atoms with Crippen LogP contribution in [0.4, 0.5) is 5.69 Å². The molecule has 0 aromatic heterocycles. The Morgan fingerprint density at radius 3 is 2.95 bits per heavy atom. The van der Waals surface area contributed by atoms with Gasteiger partial charge in [-0.25, -0.2) is 0 Å². The second-order valence-electron chi connectivity index (χ2n) is 6.55. The second-order valence-corrected chi connectivity index (χ2v) is 6.55. The molecule has 108 valence electrons. The van der Waals surface area contributed by atoms with E-state index in [2.05, 4.69) is 33.3 Å². The third-order valence-corrected chi connectivity index (χ3v) is 5.23. The lowest BCUT2D eigenvalue weighted by Gasteiger charge is -2.24. The van der Waals surface area contributed by atoms with Gasteiger partial charge >= 0.3 is 0 Å². The normalized spacial score (nSPS) is 26.9. The van der Waals surface area contributed by atoms with Gasteiger partial charge < -0.3 is 5.32 Å². The molecule has 4 rings (SSSR count). The number of para-hydroxylation sites is 1. The molecule has 0 radical (unpaired) electrons. The lowest BCUT2D eigenvalue weighted by atomic mass is 10.1. The first-order valence-electron chi connectivity index (χ1n) is 8.21. The van der Waals surface area contributed by atoms with Crippen LogP contribution >= 0.6 is 0 Å². The van der Waals surface area contributed by atoms with Crippen molar-refractivity contribution in [3.63, 3.8) is 0 Å². The van der Waals surface area contributed by atoms with Gasteiger partial charge in [0.1, 0.15) is 0 Å². The van der Waals surface area contributed by atoms with Crippen molar-refractivity contribution in [1.82, 2.24) is 9.80 Å². The highest BCUT2D eigenvalue weighted by atomic mass is 15.3. The molecule has 3 nitrogen and oxygen atoms in total. The van der Waals surface area contributed by atoms with Crippen molar-refractivity contribution in [3.05, 3.63) is 29.3 Å². The van der Waals surface area contributed by atoms with Gasteiger partial charge in [-0.15, -0.1) is 0 Å². The van der Waals surface area contributed by atoms with Crippen molar-refractivity contribution in [2.45, 2.75) is 38.3 Å². The number of benzene rings is 1. The molecule has 3 heterocycles. The van der Waals surface area contributed by atoms with E-state index in [0.717, 1.165) is 19.1 Å². The van der Waals surface area contributed by atoms with Crippen LogP contribution in [0.1, 0.15) is 30.4 Å². The number of likely N-dealkylation sites (tertiary alicyclic amines) is 2. The van der Waals surface area contributed by atoms with E-state index < -0.39 is 0 Å². The molecule has 1 N–H and O–H groups in total. The first-order chi connectivity index (χ1) is 9.90. The summed E-state index contributed by atoms with van der Waals surface area (Å²) >= 11 is 0. The van der Waals surface area contributed by atoms with Crippen molar-refractivity contribution < 1.29 is 0 Å². The zero-order chi connectivity index (χ0) is 13.4. The maximum atomic E-state index is 3.57. The summed E-state index contributed by atoms with van der Waals surface area (Å²) in [6.45, 7) is 7.44. The van der Waals surface area contributed by atoms with Gasteiger partial charge in [0.2, 0.25) is 0 Å². The Hall–Kier alpha value is -1.06. The summed E-state index contributed by atoms with van der Waals surface area (Å²) in [5, 5.41) is 3.57. The number of hydrogen-bond acceptors (Lipinski definition) is 3. The predicted molar refractivity (Wildman–Crippen MR) is 83.1 cm³/mol. The van der Waals surface area contributed by atoms with E-state index in [9.17, 15) is 0 Å². The predicted octanol–water partition coefficient (Wildman–Crippen LogP) is 2.32. The summed E-state index contributed by atoms with van der Waals surface area (Å²) < 4.78 is 0. The van der Waals surface area contributed by atoms with Crippen LogP contribution in [0, 0.1) is 0 Å². The van der Waals surface area contributed by atoms with E-state index in [1.54, 1.807) is 0 Å². The van der Waals surface area contributed by atoms with E-state index in [1.165, 1.54) is 68.7 Å². The van der Waals surface area contributed by atoms with Crippen LogP contribution in [0.25, 0.3) is 0 Å². The van der Waals surface area contributed by atoms with Crippen molar-refractivity contribution >= 4 is 5.69 Å². The van der Waals surface area contributed by atoms with Crippen LogP contribution in [0.2, 0.25) is 0 Å². The molecule has 20 heavy (non-hydrogen) atoms. The van der Waals surface area contributed by atoms with Crippen LogP contribution in [0.5, 0.6) is 0 Å². The largest absolute Gasteiger partial charge is 0.384 e. The van der Waals surface area contributed by atoms with Gasteiger partial charge in [-0.2, -0.15) is 0 Å². The van der Waals surface area contributed by atoms with E-state index in [4.69, 9.17) is 0 Å². The number of hydrogen-bond donors (Lipinski definition) is 1. The van der Waals surface area contributed by atoms with Crippen molar-refractivity contribution in [1.29, 1.82) is 0 Å². The fraction of sp³-hybridized carbons (Fsp3) is 0.647. The number of nitrogens with one attached hydrogen (secondary N) is 1. The maximum absolute atomic E-state index is 3.57. The minimum atomic E-state index is 0.821. The van der Waals surface area contributed by atoms with Crippen molar-refractivity contribution in [2.75, 3.05) is 38.0 Å². The van der Waals surface area contributed by atoms with Crippen molar-refractivity contribution in [2.24, 2.45) is 0 Å². The number of rotatable bonds is 3. The van der Waals surface area contributed by atoms with Gasteiger partial charge in [-0.3, -0.25) is 9.80 Å². The van der Waals surface area contributed by atoms with Crippen LogP contribution in [0.3, 0.4) is 0 Å². The Labute approximate surface area is 121 Å². The Morgan fingerprint density at radius 1 is 1.15 bits per heavy atom. The summed E-state index contributed by atoms with van der Waals surface area (Å²) in [6, 6.07) is 7.63. The van der Waals surface area contributed by atoms with Gasteiger partial charge in [0.25, 0.3) is 0 Å². The molecular formula is C17H25N3. The molecule has 0 spiro atoms. The molecule has 1 aromatic rings. The first kappa shape index (κ1) is 12.7. The summed E-state index contributed by atoms with van der Waals surface area (Å²) in [5.74, 6) is 0. The average Bonchev–Trinajstić information content (AvgIpc) is 3.20. The van der Waals surface area contributed by atoms with E-state index in [0.29, 0.717) is 0 Å². The highest BCUT2D eigenvalue weighted by Gasteiger charge is 2.29. The standard InChI is InChI=1S/C17H25N3/c1-2-10-20(9-1)16-7-11-19(13-16)12-15-5-3-4-14-6-8-18-17(14)15/h3-5,16,18H,1-2,6-13H2. The first-order valence-corrected chi connectivity index (χ1v) is 8.21. The molecule has 3 heteroatoms. The lowest BCUT2D eigenvalue weighted by molar-refractivity contribution is 0.230. The zero-order valence-corrected chi connectivity index (χ0v) is 12.3. The Morgan fingerprint density at radius 2 is 2.05 bits per heavy atom. The van der Waals surface area contributed by atoms with Crippen LogP contribution in [-0.2, 0) is 13.0 Å². The van der Waals surface area contributed by atoms with Crippen LogP contribution in [-0.4, -0.2) is 48.6 Å². The highest BCUT2D eigenvalue weighted by Crippen LogP contribution is 2.29. The molecule has 2 saturated heterocycles. The summed E-state index contributed by atoms with van der Waals surface area (Å²) in [7, 11) is 0. The van der Waals surface area contributed by atoms with Gasteiger partial charge in [-0.05, 0) is 49.9 Å². The summed E-state index contributed by atoms with van der Waals surface area (Å²) in [5.41, 5.74) is 4.44. The van der Waals surface area contributed by atoms with Crippen molar-refractivity contribution in [3.8, 4) is 0 Å². The van der Waals surface area contributed by atoms with Gasteiger partial charge in [0.15, 0.2) is 0 Å². The third-order valence-electron chi connectivity index (χ3n) is 5.23. The average molecular weight is 271 g/mol. The molecule has 1 aromatic carbocycles. The summed E-state index contributed by atoms with van der Waals surface area (Å²) in [6.07, 6.45) is 5.38. The van der Waals surface area contributed by atoms with Gasteiger partial charge in [0, 0.05) is 37.9 Å². The molecule has 0 amide bonds. The Bertz CT molecular complexity index is 479. The van der Waals surface area contributed by atoms with Gasteiger partial charge in [-0.1, -0.05) is 18.2 Å². The zero-order valence-electron chi connectivity index (χ0n) is 12.3. The molecule has 0 aliphatic carbocycles. The maximum Gasteiger partial charge on any atom is 0.0419 e. The minimum absolute atomic E-state index is 0.821. The fourth-order valence-corrected chi connectivity index (χ4v) is 4.14. The van der Waals surface area contributed by atoms with Gasteiger partial charge in [0.05, 0.1) is 0 Å². The lowest BCUT2D eigenvalue weighted by Crippen LogP contribution is -2.35. The number of nitrogens with zero attached hydrogens (tertiary/aromatic N) is 2. The molecule has 0 saturated carbocycles. The van der Waals surface area contributed by atoms with E-state index >= 15 is 0 Å². The topological polar surface area (TPSA) is 18.5 Å². The quantitative estimate of drug-likeness (QED) is 0.910. The summed E-state index contributed by atoms with van der Waals surface area (Å²) in [4.78, 5) is 5.37. The molecule has 0 bridgehead atoms. The minimum Gasteiger partial charge on any atom is -0.384 e. The van der Waals surface area contributed by atoms with E-state index in [1.807, 2.05) is 0 Å². The monoisotopic (exact) mass is 271 g/mol. The molecule has 3 aliphatic heterocycles. The Balaban J connectivity index is 1.42. The number of anilines is 1. The molecule has 1 unspecified atom stereocenters. The second kappa shape index (κ2) is 5.38. The third kappa shape index (κ3) is 2.33. The molecular weight excluding hydrogens is 246 g/mol. The molecule has 2 fully saturated rings. The van der Waals surface area contributed by atoms with Crippen LogP contribution < -0.4 is 5.32 Å².